The topological polar surface area (TPSA) is 8.17 Å². The minimum atomic E-state index is 1.12. The summed E-state index contributed by atoms with van der Waals surface area (Å²) >= 11 is 1.86. The van der Waals surface area contributed by atoms with Crippen molar-refractivity contribution in [3.63, 3.8) is 0 Å². The standard InChI is InChI=1S/C44H28N2S/c1-2-14-33(15-3-1)46-41-26-32-13-7-6-12-31(32)25-39(41)37-22-20-36(28-42(37)46)45(34-19-18-29-10-4-5-11-30(29)24-34)35-21-23-44-40(27-35)38-16-8-9-17-43(38)47-44/h1-28H. The van der Waals surface area contributed by atoms with Crippen LogP contribution in [0.1, 0.15) is 0 Å². The van der Waals surface area contributed by atoms with Gasteiger partial charge in [-0.05, 0) is 94.3 Å². The average molecular weight is 617 g/mol. The van der Waals surface area contributed by atoms with Gasteiger partial charge in [0.15, 0.2) is 0 Å². The summed E-state index contributed by atoms with van der Waals surface area (Å²) in [6, 6.07) is 62.2. The van der Waals surface area contributed by atoms with Crippen LogP contribution in [-0.4, -0.2) is 4.57 Å². The first-order chi connectivity index (χ1) is 23.3. The van der Waals surface area contributed by atoms with E-state index in [-0.39, 0.29) is 0 Å². The Morgan fingerprint density at radius 2 is 0.957 bits per heavy atom. The summed E-state index contributed by atoms with van der Waals surface area (Å²) in [5, 5.41) is 10.1. The first-order valence-corrected chi connectivity index (χ1v) is 16.8. The molecule has 8 aromatic carbocycles. The molecule has 0 aliphatic carbocycles. The van der Waals surface area contributed by atoms with Crippen LogP contribution in [-0.2, 0) is 0 Å². The van der Waals surface area contributed by atoms with Gasteiger partial charge in [-0.25, -0.2) is 0 Å². The summed E-state index contributed by atoms with van der Waals surface area (Å²) in [6.07, 6.45) is 0. The molecule has 0 radical (unpaired) electrons. The van der Waals surface area contributed by atoms with Crippen molar-refractivity contribution in [1.29, 1.82) is 0 Å². The summed E-state index contributed by atoms with van der Waals surface area (Å²) in [6.45, 7) is 0. The maximum atomic E-state index is 2.43. The van der Waals surface area contributed by atoms with Gasteiger partial charge in [0, 0.05) is 53.7 Å². The second kappa shape index (κ2) is 10.3. The molecule has 0 amide bonds. The maximum Gasteiger partial charge on any atom is 0.0561 e. The highest BCUT2D eigenvalue weighted by molar-refractivity contribution is 7.25. The number of hydrogen-bond donors (Lipinski definition) is 0. The lowest BCUT2D eigenvalue weighted by molar-refractivity contribution is 1.18. The molecule has 10 rings (SSSR count). The number of rotatable bonds is 4. The molecule has 0 aliphatic heterocycles. The van der Waals surface area contributed by atoms with Crippen molar-refractivity contribution in [2.75, 3.05) is 4.90 Å². The fourth-order valence-electron chi connectivity index (χ4n) is 7.30. The molecule has 0 spiro atoms. The Balaban J connectivity index is 1.27. The van der Waals surface area contributed by atoms with Gasteiger partial charge >= 0.3 is 0 Å². The molecule has 0 fully saturated rings. The number of benzene rings is 8. The molecule has 0 aliphatic rings. The molecule has 2 heterocycles. The number of aromatic nitrogens is 1. The minimum Gasteiger partial charge on any atom is -0.310 e. The lowest BCUT2D eigenvalue weighted by Crippen LogP contribution is -2.10. The average Bonchev–Trinajstić information content (AvgIpc) is 3.65. The highest BCUT2D eigenvalue weighted by Crippen LogP contribution is 2.43. The Morgan fingerprint density at radius 3 is 1.81 bits per heavy atom. The van der Waals surface area contributed by atoms with Gasteiger partial charge in [-0.1, -0.05) is 97.1 Å². The molecule has 47 heavy (non-hydrogen) atoms. The van der Waals surface area contributed by atoms with E-state index >= 15 is 0 Å². The van der Waals surface area contributed by atoms with Gasteiger partial charge < -0.3 is 9.47 Å². The smallest absolute Gasteiger partial charge is 0.0561 e. The van der Waals surface area contributed by atoms with Gasteiger partial charge in [-0.15, -0.1) is 11.3 Å². The van der Waals surface area contributed by atoms with E-state index in [0.717, 1.165) is 22.7 Å². The van der Waals surface area contributed by atoms with Gasteiger partial charge in [0.05, 0.1) is 11.0 Å². The second-order valence-corrected chi connectivity index (χ2v) is 13.3. The van der Waals surface area contributed by atoms with E-state index in [1.54, 1.807) is 0 Å². The van der Waals surface area contributed by atoms with Crippen molar-refractivity contribution in [3.05, 3.63) is 170 Å². The SMILES string of the molecule is c1ccc(-n2c3cc(N(c4ccc5ccccc5c4)c4ccc5sc6ccccc6c5c4)ccc3c3cc4ccccc4cc32)cc1. The predicted octanol–water partition coefficient (Wildman–Crippen LogP) is 12.9. The minimum absolute atomic E-state index is 1.12. The van der Waals surface area contributed by atoms with Crippen molar-refractivity contribution in [1.82, 2.24) is 4.57 Å². The molecule has 0 atom stereocenters. The number of thiophene rings is 1. The van der Waals surface area contributed by atoms with Crippen LogP contribution in [0.2, 0.25) is 0 Å². The van der Waals surface area contributed by atoms with E-state index in [4.69, 9.17) is 0 Å². The van der Waals surface area contributed by atoms with Crippen LogP contribution in [0.4, 0.5) is 17.1 Å². The Labute approximate surface area is 276 Å². The zero-order chi connectivity index (χ0) is 30.9. The molecular formula is C44H28N2S. The Bertz CT molecular complexity index is 2810. The summed E-state index contributed by atoms with van der Waals surface area (Å²) in [5.74, 6) is 0. The molecule has 2 nitrogen and oxygen atoms in total. The van der Waals surface area contributed by atoms with Gasteiger partial charge in [-0.2, -0.15) is 0 Å². The summed E-state index contributed by atoms with van der Waals surface area (Å²) in [5.41, 5.74) is 6.95. The van der Waals surface area contributed by atoms with Gasteiger partial charge in [0.2, 0.25) is 0 Å². The van der Waals surface area contributed by atoms with Crippen LogP contribution in [0.25, 0.3) is 69.2 Å². The van der Waals surface area contributed by atoms with E-state index in [9.17, 15) is 0 Å². The second-order valence-electron chi connectivity index (χ2n) is 12.2. The van der Waals surface area contributed by atoms with E-state index in [0.29, 0.717) is 0 Å². The Kier molecular flexibility index (Phi) is 5.78. The van der Waals surface area contributed by atoms with Crippen molar-refractivity contribution in [2.24, 2.45) is 0 Å². The molecule has 0 saturated carbocycles. The zero-order valence-electron chi connectivity index (χ0n) is 25.5. The van der Waals surface area contributed by atoms with Crippen molar-refractivity contribution >= 4 is 91.9 Å². The molecule has 10 aromatic rings. The molecule has 0 saturated heterocycles. The van der Waals surface area contributed by atoms with Gasteiger partial charge in [0.1, 0.15) is 0 Å². The number of fused-ring (bicyclic) bond motifs is 8. The number of anilines is 3. The van der Waals surface area contributed by atoms with E-state index in [1.807, 2.05) is 11.3 Å². The third-order valence-electron chi connectivity index (χ3n) is 9.50. The molecule has 0 unspecified atom stereocenters. The number of para-hydroxylation sites is 1. The van der Waals surface area contributed by atoms with Gasteiger partial charge in [-0.3, -0.25) is 0 Å². The number of nitrogens with zero attached hydrogens (tertiary/aromatic N) is 2. The first-order valence-electron chi connectivity index (χ1n) is 16.0. The molecular weight excluding hydrogens is 589 g/mol. The van der Waals surface area contributed by atoms with Crippen molar-refractivity contribution in [3.8, 4) is 5.69 Å². The van der Waals surface area contributed by atoms with Gasteiger partial charge in [0.25, 0.3) is 0 Å². The van der Waals surface area contributed by atoms with Crippen LogP contribution in [0, 0.1) is 0 Å². The highest BCUT2D eigenvalue weighted by atomic mass is 32.1. The fraction of sp³-hybridized carbons (Fsp3) is 0. The lowest BCUT2D eigenvalue weighted by Gasteiger charge is -2.26. The normalized spacial score (nSPS) is 11.8. The Morgan fingerprint density at radius 1 is 0.362 bits per heavy atom. The van der Waals surface area contributed by atoms with Crippen molar-refractivity contribution < 1.29 is 0 Å². The van der Waals surface area contributed by atoms with Crippen LogP contribution in [0.15, 0.2) is 170 Å². The van der Waals surface area contributed by atoms with E-state index < -0.39 is 0 Å². The molecule has 0 N–H and O–H groups in total. The third-order valence-corrected chi connectivity index (χ3v) is 10.7. The van der Waals surface area contributed by atoms with Crippen molar-refractivity contribution in [2.45, 2.75) is 0 Å². The fourth-order valence-corrected chi connectivity index (χ4v) is 8.39. The van der Waals surface area contributed by atoms with Crippen LogP contribution < -0.4 is 4.90 Å². The monoisotopic (exact) mass is 616 g/mol. The van der Waals surface area contributed by atoms with E-state index in [1.165, 1.54) is 63.5 Å². The van der Waals surface area contributed by atoms with E-state index in [2.05, 4.69) is 179 Å². The Hall–Kier alpha value is -5.90. The predicted molar refractivity (Wildman–Crippen MR) is 203 cm³/mol. The largest absolute Gasteiger partial charge is 0.310 e. The summed E-state index contributed by atoms with van der Waals surface area (Å²) < 4.78 is 5.05. The van der Waals surface area contributed by atoms with Crippen LogP contribution in [0.5, 0.6) is 0 Å². The highest BCUT2D eigenvalue weighted by Gasteiger charge is 2.19. The zero-order valence-corrected chi connectivity index (χ0v) is 26.3. The summed E-state index contributed by atoms with van der Waals surface area (Å²) in [4.78, 5) is 2.42. The first kappa shape index (κ1) is 26.3. The molecule has 3 heteroatoms. The van der Waals surface area contributed by atoms with Crippen LogP contribution in [0.3, 0.4) is 0 Å². The molecule has 220 valence electrons. The molecule has 0 bridgehead atoms. The quantitative estimate of drug-likeness (QED) is 0.191. The lowest BCUT2D eigenvalue weighted by atomic mass is 10.1. The number of hydrogen-bond acceptors (Lipinski definition) is 2. The third kappa shape index (κ3) is 4.17. The maximum absolute atomic E-state index is 2.43. The molecule has 2 aromatic heterocycles. The summed E-state index contributed by atoms with van der Waals surface area (Å²) in [7, 11) is 0. The van der Waals surface area contributed by atoms with Crippen LogP contribution >= 0.6 is 11.3 Å².